The zero-order valence-electron chi connectivity index (χ0n) is 12.5. The molecule has 1 atom stereocenters. The molecule has 2 rings (SSSR count). The highest BCUT2D eigenvalue weighted by Crippen LogP contribution is 2.15. The fourth-order valence-corrected chi connectivity index (χ4v) is 2.14. The highest BCUT2D eigenvalue weighted by Gasteiger charge is 2.18. The SMILES string of the molecule is CC(CC(=N)N)N(C)c1nc2c([nH]1)c(=O)n(C)c(=O)n2C. The Bertz CT molecular complexity index is 813. The molecule has 1 unspecified atom stereocenters. The highest BCUT2D eigenvalue weighted by molar-refractivity contribution is 5.78. The molecule has 0 bridgehead atoms. The first-order valence-electron chi connectivity index (χ1n) is 6.45. The van der Waals surface area contributed by atoms with Crippen molar-refractivity contribution in [2.75, 3.05) is 11.9 Å². The van der Waals surface area contributed by atoms with E-state index < -0.39 is 11.2 Å². The molecule has 4 N–H and O–H groups in total. The first-order chi connectivity index (χ1) is 9.73. The number of nitrogens with two attached hydrogens (primary N) is 1. The molecular weight excluding hydrogens is 274 g/mol. The largest absolute Gasteiger partial charge is 0.388 e. The molecule has 0 aliphatic carbocycles. The predicted molar refractivity (Wildman–Crippen MR) is 81.0 cm³/mol. The number of aromatic amines is 1. The van der Waals surface area contributed by atoms with Gasteiger partial charge in [0, 0.05) is 33.6 Å². The Kier molecular flexibility index (Phi) is 3.58. The summed E-state index contributed by atoms with van der Waals surface area (Å²) in [5.41, 5.74) is 5.14. The third-order valence-electron chi connectivity index (χ3n) is 3.59. The number of hydrogen-bond acceptors (Lipinski definition) is 5. The van der Waals surface area contributed by atoms with Gasteiger partial charge in [0.05, 0.1) is 5.84 Å². The van der Waals surface area contributed by atoms with Crippen LogP contribution in [0.15, 0.2) is 9.59 Å². The molecule has 0 aromatic carbocycles. The molecule has 0 radical (unpaired) electrons. The number of nitrogens with one attached hydrogen (secondary N) is 2. The number of rotatable bonds is 4. The Hall–Kier alpha value is -2.58. The molecule has 114 valence electrons. The summed E-state index contributed by atoms with van der Waals surface area (Å²) in [4.78, 5) is 33.0. The normalized spacial score (nSPS) is 12.6. The molecule has 2 heterocycles. The minimum absolute atomic E-state index is 0.0658. The van der Waals surface area contributed by atoms with Crippen LogP contribution in [-0.4, -0.2) is 38.0 Å². The molecule has 0 saturated carbocycles. The van der Waals surface area contributed by atoms with Crippen LogP contribution in [0, 0.1) is 5.41 Å². The molecule has 9 heteroatoms. The second-order valence-corrected chi connectivity index (χ2v) is 5.15. The lowest BCUT2D eigenvalue weighted by Crippen LogP contribution is -2.36. The van der Waals surface area contributed by atoms with Crippen molar-refractivity contribution in [1.29, 1.82) is 5.41 Å². The van der Waals surface area contributed by atoms with Crippen molar-refractivity contribution in [3.8, 4) is 0 Å². The third-order valence-corrected chi connectivity index (χ3v) is 3.59. The van der Waals surface area contributed by atoms with E-state index in [2.05, 4.69) is 9.97 Å². The minimum atomic E-state index is -0.426. The number of H-pyrrole nitrogens is 1. The number of fused-ring (bicyclic) bond motifs is 1. The van der Waals surface area contributed by atoms with Crippen LogP contribution >= 0.6 is 0 Å². The average molecular weight is 293 g/mol. The monoisotopic (exact) mass is 293 g/mol. The van der Waals surface area contributed by atoms with Crippen LogP contribution in [0.4, 0.5) is 5.95 Å². The molecule has 2 aromatic rings. The van der Waals surface area contributed by atoms with Crippen LogP contribution in [0.1, 0.15) is 13.3 Å². The molecular formula is C12H19N7O2. The molecule has 2 aromatic heterocycles. The second kappa shape index (κ2) is 5.08. The summed E-state index contributed by atoms with van der Waals surface area (Å²) in [6, 6.07) is -0.0658. The van der Waals surface area contributed by atoms with Crippen LogP contribution < -0.4 is 21.9 Å². The van der Waals surface area contributed by atoms with Gasteiger partial charge in [0.2, 0.25) is 5.95 Å². The highest BCUT2D eigenvalue weighted by atomic mass is 16.2. The summed E-state index contributed by atoms with van der Waals surface area (Å²) in [5, 5.41) is 7.33. The summed E-state index contributed by atoms with van der Waals surface area (Å²) in [6.07, 6.45) is 0.379. The molecule has 0 amide bonds. The molecule has 0 aliphatic rings. The Balaban J connectivity index is 2.56. The zero-order valence-corrected chi connectivity index (χ0v) is 12.5. The van der Waals surface area contributed by atoms with Gasteiger partial charge in [-0.15, -0.1) is 0 Å². The lowest BCUT2D eigenvalue weighted by molar-refractivity contribution is 0.693. The van der Waals surface area contributed by atoms with Gasteiger partial charge in [0.25, 0.3) is 5.56 Å². The van der Waals surface area contributed by atoms with Crippen LogP contribution in [0.25, 0.3) is 11.2 Å². The Morgan fingerprint density at radius 2 is 2.05 bits per heavy atom. The van der Waals surface area contributed by atoms with Crippen molar-refractivity contribution in [2.45, 2.75) is 19.4 Å². The number of nitrogens with zero attached hydrogens (tertiary/aromatic N) is 4. The first kappa shape index (κ1) is 14.8. The molecule has 0 fully saturated rings. The third kappa shape index (κ3) is 2.41. The van der Waals surface area contributed by atoms with Crippen molar-refractivity contribution < 1.29 is 0 Å². The zero-order chi connectivity index (χ0) is 15.9. The van der Waals surface area contributed by atoms with E-state index in [1.54, 1.807) is 19.0 Å². The Labute approximate surface area is 120 Å². The number of aryl methyl sites for hydroxylation is 1. The van der Waals surface area contributed by atoms with Crippen molar-refractivity contribution >= 4 is 22.9 Å². The number of amidine groups is 1. The van der Waals surface area contributed by atoms with Gasteiger partial charge in [0.1, 0.15) is 0 Å². The van der Waals surface area contributed by atoms with Gasteiger partial charge in [-0.25, -0.2) is 4.79 Å². The average Bonchev–Trinajstić information content (AvgIpc) is 2.86. The summed E-state index contributed by atoms with van der Waals surface area (Å²) >= 11 is 0. The lowest BCUT2D eigenvalue weighted by Gasteiger charge is -2.23. The standard InChI is InChI=1S/C12H19N7O2/c1-6(5-7(13)14)17(2)11-15-8-9(16-11)18(3)12(21)19(4)10(8)20/h6H,5H2,1-4H3,(H3,13,14)(H,15,16). The molecule has 0 spiro atoms. The predicted octanol–water partition coefficient (Wildman–Crippen LogP) is -0.889. The Morgan fingerprint density at radius 3 is 2.62 bits per heavy atom. The van der Waals surface area contributed by atoms with Crippen molar-refractivity contribution in [2.24, 2.45) is 19.8 Å². The van der Waals surface area contributed by atoms with E-state index in [-0.39, 0.29) is 17.4 Å². The Morgan fingerprint density at radius 1 is 1.43 bits per heavy atom. The van der Waals surface area contributed by atoms with Crippen LogP contribution in [0.5, 0.6) is 0 Å². The number of anilines is 1. The van der Waals surface area contributed by atoms with Gasteiger partial charge in [-0.1, -0.05) is 0 Å². The minimum Gasteiger partial charge on any atom is -0.388 e. The van der Waals surface area contributed by atoms with Gasteiger partial charge >= 0.3 is 5.69 Å². The summed E-state index contributed by atoms with van der Waals surface area (Å²) in [7, 11) is 4.77. The topological polar surface area (TPSA) is 126 Å². The van der Waals surface area contributed by atoms with Crippen molar-refractivity contribution in [1.82, 2.24) is 19.1 Å². The maximum atomic E-state index is 12.1. The van der Waals surface area contributed by atoms with E-state index in [1.165, 1.54) is 11.6 Å². The fourth-order valence-electron chi connectivity index (χ4n) is 2.14. The lowest BCUT2D eigenvalue weighted by atomic mass is 10.2. The summed E-state index contributed by atoms with van der Waals surface area (Å²) in [5.74, 6) is 0.533. The van der Waals surface area contributed by atoms with Gasteiger partial charge in [-0.05, 0) is 6.92 Å². The first-order valence-corrected chi connectivity index (χ1v) is 6.45. The maximum absolute atomic E-state index is 12.1. The van der Waals surface area contributed by atoms with E-state index in [9.17, 15) is 9.59 Å². The number of aromatic nitrogens is 4. The van der Waals surface area contributed by atoms with Gasteiger partial charge in [0.15, 0.2) is 11.2 Å². The van der Waals surface area contributed by atoms with Crippen molar-refractivity contribution in [3.63, 3.8) is 0 Å². The van der Waals surface area contributed by atoms with Crippen LogP contribution in [0.2, 0.25) is 0 Å². The van der Waals surface area contributed by atoms with Gasteiger partial charge in [-0.3, -0.25) is 19.3 Å². The second-order valence-electron chi connectivity index (χ2n) is 5.15. The van der Waals surface area contributed by atoms with E-state index in [1.807, 2.05) is 6.92 Å². The smallest absolute Gasteiger partial charge is 0.332 e. The molecule has 0 aliphatic heterocycles. The fraction of sp³-hybridized carbons (Fsp3) is 0.500. The van der Waals surface area contributed by atoms with E-state index in [4.69, 9.17) is 11.1 Å². The quantitative estimate of drug-likeness (QED) is 0.498. The molecule has 9 nitrogen and oxygen atoms in total. The summed E-state index contributed by atoms with van der Waals surface area (Å²) < 4.78 is 2.35. The number of hydrogen-bond donors (Lipinski definition) is 3. The maximum Gasteiger partial charge on any atom is 0.332 e. The summed E-state index contributed by atoms with van der Waals surface area (Å²) in [6.45, 7) is 1.89. The van der Waals surface area contributed by atoms with E-state index >= 15 is 0 Å². The number of imidazole rings is 1. The van der Waals surface area contributed by atoms with Gasteiger partial charge < -0.3 is 15.6 Å². The van der Waals surface area contributed by atoms with Gasteiger partial charge in [-0.2, -0.15) is 4.98 Å². The molecule has 0 saturated heterocycles. The van der Waals surface area contributed by atoms with E-state index in [0.29, 0.717) is 18.0 Å². The van der Waals surface area contributed by atoms with Crippen molar-refractivity contribution in [3.05, 3.63) is 20.8 Å². The van der Waals surface area contributed by atoms with E-state index in [0.717, 1.165) is 4.57 Å². The van der Waals surface area contributed by atoms with Crippen LogP contribution in [0.3, 0.4) is 0 Å². The van der Waals surface area contributed by atoms with Crippen LogP contribution in [-0.2, 0) is 14.1 Å². The molecule has 21 heavy (non-hydrogen) atoms.